The zero-order chi connectivity index (χ0) is 14.5. The fourth-order valence-electron chi connectivity index (χ4n) is 3.42. The van der Waals surface area contributed by atoms with E-state index in [2.05, 4.69) is 61.8 Å². The van der Waals surface area contributed by atoms with Crippen LogP contribution in [-0.2, 0) is 0 Å². The summed E-state index contributed by atoms with van der Waals surface area (Å²) < 4.78 is 0. The molecule has 0 heteroatoms. The Bertz CT molecular complexity index is 497. The average molecular weight is 255 g/mol. The van der Waals surface area contributed by atoms with Gasteiger partial charge in [-0.1, -0.05) is 36.1 Å². The third kappa shape index (κ3) is 2.06. The first kappa shape index (κ1) is 14.4. The highest BCUT2D eigenvalue weighted by Gasteiger charge is 2.29. The van der Waals surface area contributed by atoms with Crippen molar-refractivity contribution in [1.29, 1.82) is 0 Å². The molecule has 0 aromatic rings. The van der Waals surface area contributed by atoms with E-state index in [1.54, 1.807) is 0 Å². The lowest BCUT2D eigenvalue weighted by Crippen LogP contribution is -2.05. The zero-order valence-corrected chi connectivity index (χ0v) is 13.7. The van der Waals surface area contributed by atoms with Gasteiger partial charge in [-0.15, -0.1) is 0 Å². The van der Waals surface area contributed by atoms with Gasteiger partial charge in [-0.25, -0.2) is 0 Å². The Kier molecular flexibility index (Phi) is 3.64. The molecule has 0 amide bonds. The first-order valence-electron chi connectivity index (χ1n) is 7.39. The minimum Gasteiger partial charge on any atom is -0.0632 e. The van der Waals surface area contributed by atoms with Crippen molar-refractivity contribution in [2.75, 3.05) is 0 Å². The molecule has 0 nitrogen and oxygen atoms in total. The van der Waals surface area contributed by atoms with Gasteiger partial charge in [0.15, 0.2) is 0 Å². The van der Waals surface area contributed by atoms with Gasteiger partial charge in [-0.05, 0) is 75.7 Å². The van der Waals surface area contributed by atoms with E-state index in [9.17, 15) is 0 Å². The van der Waals surface area contributed by atoms with E-state index in [0.717, 1.165) is 0 Å². The van der Waals surface area contributed by atoms with Crippen molar-refractivity contribution in [3.05, 3.63) is 51.0 Å². The minimum absolute atomic E-state index is 0.578. The van der Waals surface area contributed by atoms with Gasteiger partial charge in [0.2, 0.25) is 0 Å². The van der Waals surface area contributed by atoms with Crippen LogP contribution in [0.5, 0.6) is 0 Å². The smallest absolute Gasteiger partial charge is 0.0134 e. The molecule has 103 valence electrons. The van der Waals surface area contributed by atoms with Crippen LogP contribution >= 0.6 is 0 Å². The second-order valence-electron chi connectivity index (χ2n) is 6.36. The van der Waals surface area contributed by atoms with Crippen LogP contribution in [0.1, 0.15) is 55.4 Å². The predicted molar refractivity (Wildman–Crippen MR) is 84.8 cm³/mol. The molecule has 2 unspecified atom stereocenters. The third-order valence-electron chi connectivity index (χ3n) is 5.72. The van der Waals surface area contributed by atoms with Crippen molar-refractivity contribution in [3.8, 4) is 0 Å². The standard InChI is InChI=1S/C19H27/c1-10-11(2)15(6)18(14(10)5)9-19-16(7)12(3)13(4)17(19)8/h9,14,16H,1-8H3. The molecule has 2 aliphatic carbocycles. The number of rotatable bonds is 2. The van der Waals surface area contributed by atoms with Gasteiger partial charge in [0.05, 0.1) is 0 Å². The SMILES string of the molecule is CC1=C(C)C(C)C([CH]C2=C(C)C(C)=C(C)C2C)=C1C. The van der Waals surface area contributed by atoms with Gasteiger partial charge in [-0.2, -0.15) is 0 Å². The number of allylic oxidation sites excluding steroid dienone is 8. The van der Waals surface area contributed by atoms with Crippen LogP contribution < -0.4 is 0 Å². The van der Waals surface area contributed by atoms with Gasteiger partial charge < -0.3 is 0 Å². The summed E-state index contributed by atoms with van der Waals surface area (Å²) in [6.45, 7) is 18.3. The molecule has 0 N–H and O–H groups in total. The van der Waals surface area contributed by atoms with Crippen molar-refractivity contribution in [3.63, 3.8) is 0 Å². The Hall–Kier alpha value is -1.04. The number of hydrogen-bond donors (Lipinski definition) is 0. The molecule has 2 rings (SSSR count). The molecule has 0 saturated heterocycles. The largest absolute Gasteiger partial charge is 0.0632 e. The summed E-state index contributed by atoms with van der Waals surface area (Å²) in [4.78, 5) is 0. The normalized spacial score (nSPS) is 28.4. The monoisotopic (exact) mass is 255 g/mol. The maximum absolute atomic E-state index is 2.47. The molecule has 0 bridgehead atoms. The molecule has 0 aromatic heterocycles. The van der Waals surface area contributed by atoms with E-state index < -0.39 is 0 Å². The highest BCUT2D eigenvalue weighted by atomic mass is 14.3. The van der Waals surface area contributed by atoms with E-state index in [1.807, 2.05) is 0 Å². The Balaban J connectivity index is 2.32. The molecule has 2 aliphatic rings. The van der Waals surface area contributed by atoms with Gasteiger partial charge in [0, 0.05) is 6.42 Å². The molecule has 19 heavy (non-hydrogen) atoms. The molecule has 0 spiro atoms. The second kappa shape index (κ2) is 4.81. The Morgan fingerprint density at radius 1 is 0.579 bits per heavy atom. The predicted octanol–water partition coefficient (Wildman–Crippen LogP) is 5.80. The first-order valence-corrected chi connectivity index (χ1v) is 7.39. The molecule has 0 aromatic carbocycles. The molecule has 1 radical (unpaired) electrons. The first-order chi connectivity index (χ1) is 8.77. The Morgan fingerprint density at radius 3 is 1.11 bits per heavy atom. The fraction of sp³-hybridized carbons (Fsp3) is 0.526. The van der Waals surface area contributed by atoms with Gasteiger partial charge in [0.1, 0.15) is 0 Å². The average Bonchev–Trinajstić information content (AvgIpc) is 2.68. The summed E-state index contributed by atoms with van der Waals surface area (Å²) in [7, 11) is 0. The summed E-state index contributed by atoms with van der Waals surface area (Å²) in [5, 5.41) is 0. The van der Waals surface area contributed by atoms with Crippen molar-refractivity contribution in [2.24, 2.45) is 11.8 Å². The van der Waals surface area contributed by atoms with Crippen molar-refractivity contribution >= 4 is 0 Å². The molecule has 0 heterocycles. The van der Waals surface area contributed by atoms with Crippen molar-refractivity contribution < 1.29 is 0 Å². The maximum atomic E-state index is 2.47. The summed E-state index contributed by atoms with van der Waals surface area (Å²) in [6, 6.07) is 0. The van der Waals surface area contributed by atoms with E-state index in [1.165, 1.54) is 44.6 Å². The molecule has 0 aliphatic heterocycles. The summed E-state index contributed by atoms with van der Waals surface area (Å²) in [5.74, 6) is 1.16. The Labute approximate surface area is 119 Å². The lowest BCUT2D eigenvalue weighted by molar-refractivity contribution is 0.782. The molecular weight excluding hydrogens is 228 g/mol. The van der Waals surface area contributed by atoms with Crippen LogP contribution in [0.2, 0.25) is 0 Å². The quantitative estimate of drug-likeness (QED) is 0.585. The summed E-state index contributed by atoms with van der Waals surface area (Å²) in [6.07, 6.45) is 2.47. The lowest BCUT2D eigenvalue weighted by atomic mass is 9.86. The summed E-state index contributed by atoms with van der Waals surface area (Å²) in [5.41, 5.74) is 12.1. The van der Waals surface area contributed by atoms with E-state index in [-0.39, 0.29) is 0 Å². The van der Waals surface area contributed by atoms with Gasteiger partial charge in [-0.3, -0.25) is 0 Å². The Morgan fingerprint density at radius 2 is 0.895 bits per heavy atom. The minimum atomic E-state index is 0.578. The van der Waals surface area contributed by atoms with E-state index in [0.29, 0.717) is 11.8 Å². The molecule has 0 saturated carbocycles. The zero-order valence-electron chi connectivity index (χ0n) is 13.7. The summed E-state index contributed by atoms with van der Waals surface area (Å²) >= 11 is 0. The van der Waals surface area contributed by atoms with Gasteiger partial charge in [0.25, 0.3) is 0 Å². The van der Waals surface area contributed by atoms with Gasteiger partial charge >= 0.3 is 0 Å². The second-order valence-corrected chi connectivity index (χ2v) is 6.36. The number of hydrogen-bond acceptors (Lipinski definition) is 0. The maximum Gasteiger partial charge on any atom is 0.0134 e. The molecule has 2 atom stereocenters. The lowest BCUT2D eigenvalue weighted by Gasteiger charge is -2.18. The van der Waals surface area contributed by atoms with E-state index in [4.69, 9.17) is 0 Å². The van der Waals surface area contributed by atoms with E-state index >= 15 is 0 Å². The van der Waals surface area contributed by atoms with Crippen LogP contribution in [0.4, 0.5) is 0 Å². The van der Waals surface area contributed by atoms with Crippen LogP contribution in [-0.4, -0.2) is 0 Å². The molecule has 0 fully saturated rings. The van der Waals surface area contributed by atoms with Crippen LogP contribution in [0.25, 0.3) is 0 Å². The van der Waals surface area contributed by atoms with Crippen molar-refractivity contribution in [1.82, 2.24) is 0 Å². The third-order valence-corrected chi connectivity index (χ3v) is 5.72. The van der Waals surface area contributed by atoms with Crippen LogP contribution in [0, 0.1) is 18.3 Å². The highest BCUT2D eigenvalue weighted by molar-refractivity contribution is 5.58. The molecular formula is C19H27. The fourth-order valence-corrected chi connectivity index (χ4v) is 3.42. The van der Waals surface area contributed by atoms with Crippen LogP contribution in [0.3, 0.4) is 0 Å². The van der Waals surface area contributed by atoms with Crippen molar-refractivity contribution in [2.45, 2.75) is 55.4 Å². The van der Waals surface area contributed by atoms with Crippen LogP contribution in [0.15, 0.2) is 44.6 Å². The highest BCUT2D eigenvalue weighted by Crippen LogP contribution is 2.44. The topological polar surface area (TPSA) is 0 Å².